The van der Waals surface area contributed by atoms with E-state index < -0.39 is 5.97 Å². The predicted octanol–water partition coefficient (Wildman–Crippen LogP) is 2.09. The minimum atomic E-state index is -0.988. The van der Waals surface area contributed by atoms with Gasteiger partial charge in [-0.15, -0.1) is 11.8 Å². The van der Waals surface area contributed by atoms with Crippen molar-refractivity contribution in [1.82, 2.24) is 10.1 Å². The van der Waals surface area contributed by atoms with Crippen molar-refractivity contribution in [2.24, 2.45) is 0 Å². The van der Waals surface area contributed by atoms with Crippen LogP contribution in [0.15, 0.2) is 33.7 Å². The maximum Gasteiger partial charge on any atom is 0.312 e. The summed E-state index contributed by atoms with van der Waals surface area (Å²) in [5.41, 5.74) is 0.809. The summed E-state index contributed by atoms with van der Waals surface area (Å²) in [6.07, 6.45) is 1.74. The molecule has 1 aromatic heterocycles. The van der Waals surface area contributed by atoms with Gasteiger partial charge in [0.25, 0.3) is 0 Å². The van der Waals surface area contributed by atoms with Gasteiger partial charge in [-0.1, -0.05) is 5.16 Å². The molecule has 5 nitrogen and oxygen atoms in total. The molecule has 6 heteroatoms. The van der Waals surface area contributed by atoms with E-state index in [-0.39, 0.29) is 12.3 Å². The number of hydrogen-bond acceptors (Lipinski definition) is 5. The van der Waals surface area contributed by atoms with Crippen molar-refractivity contribution in [3.8, 4) is 11.4 Å². The Labute approximate surface area is 102 Å². The van der Waals surface area contributed by atoms with Crippen LogP contribution < -0.4 is 0 Å². The van der Waals surface area contributed by atoms with Crippen molar-refractivity contribution in [1.29, 1.82) is 0 Å². The molecule has 2 rings (SSSR count). The quantitative estimate of drug-likeness (QED) is 0.837. The van der Waals surface area contributed by atoms with Crippen LogP contribution in [-0.4, -0.2) is 27.5 Å². The zero-order valence-corrected chi connectivity index (χ0v) is 9.90. The van der Waals surface area contributed by atoms with Gasteiger partial charge in [0, 0.05) is 10.5 Å². The number of nitrogens with zero attached hydrogens (tertiary/aromatic N) is 2. The van der Waals surface area contributed by atoms with E-state index in [0.717, 1.165) is 10.5 Å². The minimum absolute atomic E-state index is 0.112. The van der Waals surface area contributed by atoms with Crippen LogP contribution in [0, 0.1) is 0 Å². The van der Waals surface area contributed by atoms with Gasteiger partial charge in [0.1, 0.15) is 6.42 Å². The molecule has 17 heavy (non-hydrogen) atoms. The number of benzene rings is 1. The number of rotatable bonds is 4. The molecule has 0 spiro atoms. The maximum absolute atomic E-state index is 10.5. The van der Waals surface area contributed by atoms with E-state index in [9.17, 15) is 4.79 Å². The first-order valence-electron chi connectivity index (χ1n) is 4.88. The Morgan fingerprint density at radius 1 is 1.41 bits per heavy atom. The lowest BCUT2D eigenvalue weighted by Crippen LogP contribution is -1.99. The Balaban J connectivity index is 2.21. The van der Waals surface area contributed by atoms with Crippen molar-refractivity contribution in [2.75, 3.05) is 6.26 Å². The first-order chi connectivity index (χ1) is 8.19. The third kappa shape index (κ3) is 2.85. The number of carboxylic acid groups (broad SMARTS) is 1. The number of carboxylic acids is 1. The molecular weight excluding hydrogens is 240 g/mol. The van der Waals surface area contributed by atoms with Crippen LogP contribution in [0.3, 0.4) is 0 Å². The van der Waals surface area contributed by atoms with Crippen LogP contribution in [0.4, 0.5) is 0 Å². The molecule has 0 atom stereocenters. The highest BCUT2D eigenvalue weighted by atomic mass is 32.2. The van der Waals surface area contributed by atoms with E-state index in [1.807, 2.05) is 30.5 Å². The zero-order chi connectivity index (χ0) is 12.3. The second kappa shape index (κ2) is 5.01. The summed E-state index contributed by atoms with van der Waals surface area (Å²) in [6, 6.07) is 7.66. The summed E-state index contributed by atoms with van der Waals surface area (Å²) in [7, 11) is 0. The van der Waals surface area contributed by atoms with Crippen molar-refractivity contribution in [3.05, 3.63) is 30.2 Å². The fourth-order valence-electron chi connectivity index (χ4n) is 1.31. The second-order valence-electron chi connectivity index (χ2n) is 3.31. The average molecular weight is 250 g/mol. The van der Waals surface area contributed by atoms with Crippen molar-refractivity contribution < 1.29 is 14.4 Å². The number of carbonyl (C=O) groups is 1. The van der Waals surface area contributed by atoms with Gasteiger partial charge in [0.2, 0.25) is 11.7 Å². The fraction of sp³-hybridized carbons (Fsp3) is 0.182. The van der Waals surface area contributed by atoms with Crippen LogP contribution in [0.5, 0.6) is 0 Å². The van der Waals surface area contributed by atoms with Crippen molar-refractivity contribution >= 4 is 17.7 Å². The molecule has 1 N–H and O–H groups in total. The standard InChI is InChI=1S/C11H10N2O3S/c1-17-8-4-2-7(3-5-8)11-12-9(16-13-11)6-10(14)15/h2-5H,6H2,1H3,(H,14,15). The van der Waals surface area contributed by atoms with Gasteiger partial charge in [-0.2, -0.15) is 4.98 Å². The van der Waals surface area contributed by atoms with E-state index in [4.69, 9.17) is 9.63 Å². The molecule has 0 aliphatic heterocycles. The maximum atomic E-state index is 10.5. The van der Waals surface area contributed by atoms with Gasteiger partial charge in [-0.05, 0) is 30.5 Å². The van der Waals surface area contributed by atoms with E-state index in [1.54, 1.807) is 11.8 Å². The summed E-state index contributed by atoms with van der Waals surface area (Å²) in [5.74, 6) is -0.465. The molecule has 0 fully saturated rings. The molecule has 88 valence electrons. The molecule has 0 unspecified atom stereocenters. The second-order valence-corrected chi connectivity index (χ2v) is 4.19. The lowest BCUT2D eigenvalue weighted by atomic mass is 10.2. The summed E-state index contributed by atoms with van der Waals surface area (Å²) < 4.78 is 4.84. The van der Waals surface area contributed by atoms with E-state index in [2.05, 4.69) is 10.1 Å². The first-order valence-corrected chi connectivity index (χ1v) is 6.10. The van der Waals surface area contributed by atoms with Gasteiger partial charge in [0.15, 0.2) is 0 Å². The SMILES string of the molecule is CSc1ccc(-c2noc(CC(=O)O)n2)cc1. The van der Waals surface area contributed by atoms with Crippen LogP contribution in [-0.2, 0) is 11.2 Å². The summed E-state index contributed by atoms with van der Waals surface area (Å²) in [4.78, 5) is 15.6. The molecule has 0 radical (unpaired) electrons. The Morgan fingerprint density at radius 3 is 2.71 bits per heavy atom. The third-order valence-electron chi connectivity index (χ3n) is 2.12. The highest BCUT2D eigenvalue weighted by molar-refractivity contribution is 7.98. The molecular formula is C11H10N2O3S. The smallest absolute Gasteiger partial charge is 0.312 e. The molecule has 0 bridgehead atoms. The van der Waals surface area contributed by atoms with Crippen LogP contribution in [0.25, 0.3) is 11.4 Å². The van der Waals surface area contributed by atoms with Gasteiger partial charge >= 0.3 is 5.97 Å². The Bertz CT molecular complexity index is 522. The normalized spacial score (nSPS) is 10.4. The Hall–Kier alpha value is -1.82. The van der Waals surface area contributed by atoms with Crippen LogP contribution in [0.2, 0.25) is 0 Å². The van der Waals surface area contributed by atoms with Gasteiger partial charge < -0.3 is 9.63 Å². The fourth-order valence-corrected chi connectivity index (χ4v) is 1.72. The highest BCUT2D eigenvalue weighted by Gasteiger charge is 2.11. The Morgan fingerprint density at radius 2 is 2.12 bits per heavy atom. The van der Waals surface area contributed by atoms with E-state index >= 15 is 0 Å². The summed E-state index contributed by atoms with van der Waals surface area (Å²) in [6.45, 7) is 0. The molecule has 1 heterocycles. The van der Waals surface area contributed by atoms with Crippen LogP contribution >= 0.6 is 11.8 Å². The first kappa shape index (κ1) is 11.7. The summed E-state index contributed by atoms with van der Waals surface area (Å²) in [5, 5.41) is 12.3. The van der Waals surface area contributed by atoms with E-state index in [0.29, 0.717) is 5.82 Å². The molecule has 0 saturated carbocycles. The van der Waals surface area contributed by atoms with E-state index in [1.165, 1.54) is 0 Å². The minimum Gasteiger partial charge on any atom is -0.481 e. The van der Waals surface area contributed by atoms with Crippen molar-refractivity contribution in [3.63, 3.8) is 0 Å². The molecule has 1 aromatic carbocycles. The van der Waals surface area contributed by atoms with Gasteiger partial charge in [0.05, 0.1) is 0 Å². The van der Waals surface area contributed by atoms with Crippen LogP contribution in [0.1, 0.15) is 5.89 Å². The third-order valence-corrected chi connectivity index (χ3v) is 2.86. The monoisotopic (exact) mass is 250 g/mol. The average Bonchev–Trinajstić information content (AvgIpc) is 2.77. The molecule has 0 saturated heterocycles. The predicted molar refractivity (Wildman–Crippen MR) is 62.9 cm³/mol. The lowest BCUT2D eigenvalue weighted by Gasteiger charge is -1.96. The topological polar surface area (TPSA) is 76.2 Å². The molecule has 0 aliphatic carbocycles. The number of aromatic nitrogens is 2. The molecule has 0 aliphatic rings. The van der Waals surface area contributed by atoms with Crippen molar-refractivity contribution in [2.45, 2.75) is 11.3 Å². The zero-order valence-electron chi connectivity index (χ0n) is 9.08. The Kier molecular flexibility index (Phi) is 3.43. The van der Waals surface area contributed by atoms with Gasteiger partial charge in [-0.3, -0.25) is 4.79 Å². The lowest BCUT2D eigenvalue weighted by molar-refractivity contribution is -0.136. The largest absolute Gasteiger partial charge is 0.481 e. The molecule has 2 aromatic rings. The number of thioether (sulfide) groups is 1. The summed E-state index contributed by atoms with van der Waals surface area (Å²) >= 11 is 1.64. The van der Waals surface area contributed by atoms with Gasteiger partial charge in [-0.25, -0.2) is 0 Å². The molecule has 0 amide bonds. The number of hydrogen-bond donors (Lipinski definition) is 1. The number of aliphatic carboxylic acids is 1. The highest BCUT2D eigenvalue weighted by Crippen LogP contribution is 2.20.